The van der Waals surface area contributed by atoms with Crippen LogP contribution in [0.3, 0.4) is 0 Å². The van der Waals surface area contributed by atoms with Gasteiger partial charge in [0, 0.05) is 11.4 Å². The van der Waals surface area contributed by atoms with Crippen LogP contribution in [-0.4, -0.2) is 16.2 Å². The maximum absolute atomic E-state index is 13.0. The first-order valence-electron chi connectivity index (χ1n) is 8.45. The molecule has 0 bridgehead atoms. The van der Waals surface area contributed by atoms with Crippen molar-refractivity contribution in [1.82, 2.24) is 10.1 Å². The Balaban J connectivity index is 1.46. The van der Waals surface area contributed by atoms with Gasteiger partial charge in [-0.25, -0.2) is 9.18 Å². The Bertz CT molecular complexity index is 1080. The SMILES string of the molecule is O=C(Nc1ccc(F)cc1)Nc1ccccc1Cc1nc(-c2ccco2)no1. The van der Waals surface area contributed by atoms with Gasteiger partial charge in [0.2, 0.25) is 11.7 Å². The van der Waals surface area contributed by atoms with E-state index in [9.17, 15) is 9.18 Å². The third kappa shape index (κ3) is 4.07. The fraction of sp³-hybridized carbons (Fsp3) is 0.0500. The highest BCUT2D eigenvalue weighted by atomic mass is 19.1. The largest absolute Gasteiger partial charge is 0.461 e. The molecule has 2 amide bonds. The van der Waals surface area contributed by atoms with Crippen molar-refractivity contribution in [3.05, 3.63) is 84.2 Å². The Morgan fingerprint density at radius 1 is 1.00 bits per heavy atom. The standard InChI is InChI=1S/C20H15FN4O3/c21-14-7-9-15(10-8-14)22-20(26)23-16-5-2-1-4-13(16)12-18-24-19(25-28-18)17-6-3-11-27-17/h1-11H,12H2,(H2,22,23,26). The Labute approximate surface area is 159 Å². The van der Waals surface area contributed by atoms with E-state index in [2.05, 4.69) is 20.8 Å². The number of halogens is 1. The average molecular weight is 378 g/mol. The minimum atomic E-state index is -0.444. The van der Waals surface area contributed by atoms with E-state index < -0.39 is 6.03 Å². The molecule has 2 heterocycles. The first-order valence-corrected chi connectivity index (χ1v) is 8.45. The predicted molar refractivity (Wildman–Crippen MR) is 100 cm³/mol. The number of urea groups is 1. The number of hydrogen-bond acceptors (Lipinski definition) is 5. The summed E-state index contributed by atoms with van der Waals surface area (Å²) >= 11 is 0. The summed E-state index contributed by atoms with van der Waals surface area (Å²) in [5, 5.41) is 9.33. The van der Waals surface area contributed by atoms with Crippen molar-refractivity contribution in [3.63, 3.8) is 0 Å². The van der Waals surface area contributed by atoms with Crippen molar-refractivity contribution in [1.29, 1.82) is 0 Å². The zero-order valence-electron chi connectivity index (χ0n) is 14.6. The monoisotopic (exact) mass is 378 g/mol. The smallest absolute Gasteiger partial charge is 0.323 e. The van der Waals surface area contributed by atoms with E-state index in [0.717, 1.165) is 5.56 Å². The molecule has 0 radical (unpaired) electrons. The molecule has 28 heavy (non-hydrogen) atoms. The summed E-state index contributed by atoms with van der Waals surface area (Å²) in [5.41, 5.74) is 1.88. The summed E-state index contributed by atoms with van der Waals surface area (Å²) in [4.78, 5) is 16.6. The predicted octanol–water partition coefficient (Wildman–Crippen LogP) is 4.70. The minimum Gasteiger partial charge on any atom is -0.461 e. The maximum atomic E-state index is 13.0. The van der Waals surface area contributed by atoms with Gasteiger partial charge in [0.1, 0.15) is 5.82 Å². The molecule has 0 fully saturated rings. The van der Waals surface area contributed by atoms with Crippen LogP contribution in [0.5, 0.6) is 0 Å². The highest BCUT2D eigenvalue weighted by molar-refractivity contribution is 6.00. The molecular weight excluding hydrogens is 363 g/mol. The molecule has 2 aromatic carbocycles. The number of hydrogen-bond donors (Lipinski definition) is 2. The van der Waals surface area contributed by atoms with E-state index in [1.54, 1.807) is 24.3 Å². The zero-order valence-corrected chi connectivity index (χ0v) is 14.6. The number of anilines is 2. The van der Waals surface area contributed by atoms with Gasteiger partial charge in [-0.15, -0.1) is 0 Å². The summed E-state index contributed by atoms with van der Waals surface area (Å²) < 4.78 is 23.5. The van der Waals surface area contributed by atoms with Crippen molar-refractivity contribution >= 4 is 17.4 Å². The number of furan rings is 1. The van der Waals surface area contributed by atoms with Gasteiger partial charge in [0.05, 0.1) is 12.7 Å². The summed E-state index contributed by atoms with van der Waals surface area (Å²) in [7, 11) is 0. The van der Waals surface area contributed by atoms with Crippen molar-refractivity contribution in [2.24, 2.45) is 0 Å². The first kappa shape index (κ1) is 17.5. The second-order valence-corrected chi connectivity index (χ2v) is 5.91. The van der Waals surface area contributed by atoms with Crippen LogP contribution in [0.25, 0.3) is 11.6 Å². The van der Waals surface area contributed by atoms with Crippen LogP contribution < -0.4 is 10.6 Å². The quantitative estimate of drug-likeness (QED) is 0.525. The van der Waals surface area contributed by atoms with Crippen LogP contribution in [0.4, 0.5) is 20.6 Å². The van der Waals surface area contributed by atoms with Gasteiger partial charge in [-0.05, 0) is 48.0 Å². The number of carbonyl (C=O) groups is 1. The summed E-state index contributed by atoms with van der Waals surface area (Å²) in [5.74, 6) is 0.893. The van der Waals surface area contributed by atoms with Crippen LogP contribution in [0.1, 0.15) is 11.5 Å². The lowest BCUT2D eigenvalue weighted by Gasteiger charge is -2.11. The molecule has 0 aliphatic carbocycles. The number of carbonyl (C=O) groups excluding carboxylic acids is 1. The minimum absolute atomic E-state index is 0.334. The molecule has 0 saturated heterocycles. The number of rotatable bonds is 5. The summed E-state index contributed by atoms with van der Waals surface area (Å²) in [6.07, 6.45) is 1.87. The number of amides is 2. The molecule has 0 unspecified atom stereocenters. The molecule has 0 spiro atoms. The van der Waals surface area contributed by atoms with Gasteiger partial charge >= 0.3 is 6.03 Å². The Morgan fingerprint density at radius 3 is 2.61 bits per heavy atom. The van der Waals surface area contributed by atoms with Gasteiger partial charge in [-0.3, -0.25) is 0 Å². The maximum Gasteiger partial charge on any atom is 0.323 e. The molecule has 7 nitrogen and oxygen atoms in total. The lowest BCUT2D eigenvalue weighted by atomic mass is 10.1. The van der Waals surface area contributed by atoms with Crippen LogP contribution in [0, 0.1) is 5.82 Å². The Hall–Kier alpha value is -3.94. The van der Waals surface area contributed by atoms with Crippen LogP contribution in [0.15, 0.2) is 75.9 Å². The molecule has 4 aromatic rings. The molecule has 2 aromatic heterocycles. The molecule has 0 saturated carbocycles. The van der Waals surface area contributed by atoms with Gasteiger partial charge in [-0.1, -0.05) is 23.4 Å². The fourth-order valence-electron chi connectivity index (χ4n) is 2.61. The van der Waals surface area contributed by atoms with E-state index in [4.69, 9.17) is 8.94 Å². The average Bonchev–Trinajstić information content (AvgIpc) is 3.37. The van der Waals surface area contributed by atoms with E-state index in [1.165, 1.54) is 30.5 Å². The second kappa shape index (κ2) is 7.75. The normalized spacial score (nSPS) is 10.6. The molecule has 140 valence electrons. The highest BCUT2D eigenvalue weighted by Gasteiger charge is 2.14. The summed E-state index contributed by atoms with van der Waals surface area (Å²) in [6.45, 7) is 0. The van der Waals surface area contributed by atoms with Crippen molar-refractivity contribution in [3.8, 4) is 11.6 Å². The van der Waals surface area contributed by atoms with E-state index >= 15 is 0 Å². The van der Waals surface area contributed by atoms with Crippen LogP contribution in [0.2, 0.25) is 0 Å². The van der Waals surface area contributed by atoms with Crippen LogP contribution in [-0.2, 0) is 6.42 Å². The third-order valence-corrected chi connectivity index (χ3v) is 3.92. The third-order valence-electron chi connectivity index (χ3n) is 3.92. The second-order valence-electron chi connectivity index (χ2n) is 5.91. The van der Waals surface area contributed by atoms with Crippen LogP contribution >= 0.6 is 0 Å². The van der Waals surface area contributed by atoms with Gasteiger partial charge in [0.15, 0.2) is 5.76 Å². The van der Waals surface area contributed by atoms with Crippen molar-refractivity contribution in [2.75, 3.05) is 10.6 Å². The number of nitrogens with zero attached hydrogens (tertiary/aromatic N) is 2. The first-order chi connectivity index (χ1) is 13.7. The number of nitrogens with one attached hydrogen (secondary N) is 2. The molecule has 8 heteroatoms. The molecule has 4 rings (SSSR count). The van der Waals surface area contributed by atoms with Gasteiger partial charge < -0.3 is 19.6 Å². The number of aromatic nitrogens is 2. The molecular formula is C20H15FN4O3. The Kier molecular flexibility index (Phi) is 4.83. The molecule has 2 N–H and O–H groups in total. The van der Waals surface area contributed by atoms with Gasteiger partial charge in [-0.2, -0.15) is 4.98 Å². The van der Waals surface area contributed by atoms with Gasteiger partial charge in [0.25, 0.3) is 0 Å². The topological polar surface area (TPSA) is 93.2 Å². The van der Waals surface area contributed by atoms with Crippen molar-refractivity contribution in [2.45, 2.75) is 6.42 Å². The Morgan fingerprint density at radius 2 is 1.82 bits per heavy atom. The fourth-order valence-corrected chi connectivity index (χ4v) is 2.61. The van der Waals surface area contributed by atoms with Crippen molar-refractivity contribution < 1.29 is 18.1 Å². The van der Waals surface area contributed by atoms with E-state index in [-0.39, 0.29) is 5.82 Å². The highest BCUT2D eigenvalue weighted by Crippen LogP contribution is 2.21. The molecule has 0 aliphatic heterocycles. The molecule has 0 aliphatic rings. The number of benzene rings is 2. The lowest BCUT2D eigenvalue weighted by molar-refractivity contribution is 0.262. The molecule has 0 atom stereocenters. The lowest BCUT2D eigenvalue weighted by Crippen LogP contribution is -2.20. The zero-order chi connectivity index (χ0) is 19.3. The summed E-state index contributed by atoms with van der Waals surface area (Å²) in [6, 6.07) is 15.8. The number of para-hydroxylation sites is 1. The van der Waals surface area contributed by atoms with E-state index in [0.29, 0.717) is 35.3 Å². The van der Waals surface area contributed by atoms with E-state index in [1.807, 2.05) is 12.1 Å².